The van der Waals surface area contributed by atoms with Gasteiger partial charge in [-0.15, -0.1) is 10.2 Å². The van der Waals surface area contributed by atoms with Crippen molar-refractivity contribution in [1.82, 2.24) is 10.2 Å². The van der Waals surface area contributed by atoms with Crippen LogP contribution in [0.15, 0.2) is 12.1 Å². The van der Waals surface area contributed by atoms with Gasteiger partial charge in [-0.3, -0.25) is 0 Å². The number of aliphatic hydroxyl groups excluding tert-OH is 1. The van der Waals surface area contributed by atoms with E-state index < -0.39 is 0 Å². The normalized spacial score (nSPS) is 8.83. The molecule has 1 rings (SSSR count). The van der Waals surface area contributed by atoms with Crippen molar-refractivity contribution < 1.29 is 5.11 Å². The highest BCUT2D eigenvalue weighted by Gasteiger charge is 1.89. The van der Waals surface area contributed by atoms with E-state index in [2.05, 4.69) is 22.0 Å². The standard InChI is InChI=1S/C8H7ClN2O/c9-8-5-4-7(10-11-8)3-1-2-6-12/h4-5,12H,2,6H2. The van der Waals surface area contributed by atoms with E-state index in [4.69, 9.17) is 16.7 Å². The molecule has 1 N–H and O–H groups in total. The molecule has 0 spiro atoms. The summed E-state index contributed by atoms with van der Waals surface area (Å²) in [5.41, 5.74) is 0.563. The third-order valence-corrected chi connectivity index (χ3v) is 1.29. The Labute approximate surface area is 75.4 Å². The maximum Gasteiger partial charge on any atom is 0.151 e. The van der Waals surface area contributed by atoms with Crippen molar-refractivity contribution in [3.05, 3.63) is 23.0 Å². The number of aromatic nitrogens is 2. The molecule has 0 amide bonds. The molecule has 0 saturated carbocycles. The second kappa shape index (κ2) is 4.70. The van der Waals surface area contributed by atoms with Crippen LogP contribution >= 0.6 is 11.6 Å². The number of nitrogens with zero attached hydrogens (tertiary/aromatic N) is 2. The fourth-order valence-electron chi connectivity index (χ4n) is 0.592. The van der Waals surface area contributed by atoms with Gasteiger partial charge in [-0.2, -0.15) is 0 Å². The Balaban J connectivity index is 2.66. The van der Waals surface area contributed by atoms with Crippen molar-refractivity contribution in [3.63, 3.8) is 0 Å². The van der Waals surface area contributed by atoms with E-state index >= 15 is 0 Å². The minimum Gasteiger partial charge on any atom is -0.395 e. The van der Waals surface area contributed by atoms with Gasteiger partial charge in [0.15, 0.2) is 5.15 Å². The summed E-state index contributed by atoms with van der Waals surface area (Å²) >= 11 is 5.51. The lowest BCUT2D eigenvalue weighted by atomic mass is 10.3. The van der Waals surface area contributed by atoms with Gasteiger partial charge in [0.05, 0.1) is 6.61 Å². The summed E-state index contributed by atoms with van der Waals surface area (Å²) in [7, 11) is 0. The van der Waals surface area contributed by atoms with Crippen LogP contribution in [0.1, 0.15) is 12.1 Å². The first kappa shape index (κ1) is 8.98. The number of halogens is 1. The van der Waals surface area contributed by atoms with Gasteiger partial charge in [0.2, 0.25) is 0 Å². The predicted molar refractivity (Wildman–Crippen MR) is 45.6 cm³/mol. The fraction of sp³-hybridized carbons (Fsp3) is 0.250. The van der Waals surface area contributed by atoms with E-state index in [0.29, 0.717) is 17.3 Å². The molecular formula is C8H7ClN2O. The highest BCUT2D eigenvalue weighted by molar-refractivity contribution is 6.29. The average Bonchev–Trinajstić information content (AvgIpc) is 2.09. The second-order valence-electron chi connectivity index (χ2n) is 2.02. The molecule has 0 aliphatic heterocycles. The third kappa shape index (κ3) is 2.87. The van der Waals surface area contributed by atoms with Crippen LogP contribution in [-0.4, -0.2) is 21.9 Å². The molecule has 12 heavy (non-hydrogen) atoms. The van der Waals surface area contributed by atoms with Crippen LogP contribution in [0.2, 0.25) is 5.15 Å². The first-order valence-electron chi connectivity index (χ1n) is 3.42. The molecule has 0 bridgehead atoms. The summed E-state index contributed by atoms with van der Waals surface area (Å²) in [6.07, 6.45) is 0.449. The number of rotatable bonds is 1. The number of aliphatic hydroxyl groups is 1. The lowest BCUT2D eigenvalue weighted by Crippen LogP contribution is -1.86. The van der Waals surface area contributed by atoms with Gasteiger partial charge < -0.3 is 5.11 Å². The summed E-state index contributed by atoms with van der Waals surface area (Å²) in [6, 6.07) is 3.30. The van der Waals surface area contributed by atoms with Crippen LogP contribution in [0.4, 0.5) is 0 Å². The lowest BCUT2D eigenvalue weighted by molar-refractivity contribution is 0.305. The summed E-state index contributed by atoms with van der Waals surface area (Å²) in [5, 5.41) is 16.1. The second-order valence-corrected chi connectivity index (χ2v) is 2.40. The molecule has 1 heterocycles. The first-order chi connectivity index (χ1) is 5.83. The van der Waals surface area contributed by atoms with Gasteiger partial charge in [0, 0.05) is 6.42 Å². The Hall–Kier alpha value is -1.11. The Morgan fingerprint density at radius 1 is 1.42 bits per heavy atom. The van der Waals surface area contributed by atoms with Crippen LogP contribution in [-0.2, 0) is 0 Å². The maximum atomic E-state index is 8.43. The van der Waals surface area contributed by atoms with Crippen LogP contribution in [0.25, 0.3) is 0 Å². The quantitative estimate of drug-likeness (QED) is 0.656. The Morgan fingerprint density at radius 3 is 2.83 bits per heavy atom. The molecule has 4 heteroatoms. The SMILES string of the molecule is OCCC#Cc1ccc(Cl)nn1. The van der Waals surface area contributed by atoms with Crippen molar-refractivity contribution in [3.8, 4) is 11.8 Å². The molecule has 0 saturated heterocycles. The average molecular weight is 183 g/mol. The van der Waals surface area contributed by atoms with E-state index in [1.54, 1.807) is 12.1 Å². The first-order valence-corrected chi connectivity index (χ1v) is 3.79. The van der Waals surface area contributed by atoms with Gasteiger partial charge >= 0.3 is 0 Å². The monoisotopic (exact) mass is 182 g/mol. The number of hydrogen-bond donors (Lipinski definition) is 1. The van der Waals surface area contributed by atoms with E-state index in [0.717, 1.165) is 0 Å². The molecule has 0 atom stereocenters. The maximum absolute atomic E-state index is 8.43. The summed E-state index contributed by atoms with van der Waals surface area (Å²) in [4.78, 5) is 0. The zero-order chi connectivity index (χ0) is 8.81. The summed E-state index contributed by atoms with van der Waals surface area (Å²) in [5.74, 6) is 5.46. The van der Waals surface area contributed by atoms with Crippen molar-refractivity contribution in [2.75, 3.05) is 6.61 Å². The Morgan fingerprint density at radius 2 is 2.25 bits per heavy atom. The summed E-state index contributed by atoms with van der Waals surface area (Å²) in [6.45, 7) is 0.0635. The minimum atomic E-state index is 0.0635. The van der Waals surface area contributed by atoms with Crippen LogP contribution in [0.3, 0.4) is 0 Å². The zero-order valence-electron chi connectivity index (χ0n) is 6.29. The minimum absolute atomic E-state index is 0.0635. The van der Waals surface area contributed by atoms with Gasteiger partial charge in [-0.1, -0.05) is 17.5 Å². The molecule has 1 aromatic rings. The van der Waals surface area contributed by atoms with Crippen molar-refractivity contribution in [2.45, 2.75) is 6.42 Å². The van der Waals surface area contributed by atoms with E-state index in [9.17, 15) is 0 Å². The third-order valence-electron chi connectivity index (χ3n) is 1.09. The molecule has 3 nitrogen and oxygen atoms in total. The lowest BCUT2D eigenvalue weighted by Gasteiger charge is -1.87. The predicted octanol–water partition coefficient (Wildman–Crippen LogP) is 0.864. The Kier molecular flexibility index (Phi) is 3.52. The van der Waals surface area contributed by atoms with Crippen LogP contribution in [0, 0.1) is 11.8 Å². The van der Waals surface area contributed by atoms with Gasteiger partial charge in [0.1, 0.15) is 5.69 Å². The van der Waals surface area contributed by atoms with Crippen molar-refractivity contribution in [1.29, 1.82) is 0 Å². The molecule has 1 aromatic heterocycles. The van der Waals surface area contributed by atoms with Crippen molar-refractivity contribution in [2.24, 2.45) is 0 Å². The highest BCUT2D eigenvalue weighted by atomic mass is 35.5. The zero-order valence-corrected chi connectivity index (χ0v) is 7.04. The van der Waals surface area contributed by atoms with Gasteiger partial charge in [0.25, 0.3) is 0 Å². The molecule has 62 valence electrons. The van der Waals surface area contributed by atoms with E-state index in [-0.39, 0.29) is 6.61 Å². The fourth-order valence-corrected chi connectivity index (χ4v) is 0.692. The molecular weight excluding hydrogens is 176 g/mol. The van der Waals surface area contributed by atoms with Crippen molar-refractivity contribution >= 4 is 11.6 Å². The molecule has 0 aliphatic carbocycles. The van der Waals surface area contributed by atoms with E-state index in [1.807, 2.05) is 0 Å². The highest BCUT2D eigenvalue weighted by Crippen LogP contribution is 2.00. The van der Waals surface area contributed by atoms with Crippen LogP contribution < -0.4 is 0 Å². The topological polar surface area (TPSA) is 46.0 Å². The molecule has 0 fully saturated rings. The summed E-state index contributed by atoms with van der Waals surface area (Å²) < 4.78 is 0. The number of hydrogen-bond acceptors (Lipinski definition) is 3. The largest absolute Gasteiger partial charge is 0.395 e. The molecule has 0 aromatic carbocycles. The Bertz CT molecular complexity index is 299. The molecule has 0 unspecified atom stereocenters. The smallest absolute Gasteiger partial charge is 0.151 e. The van der Waals surface area contributed by atoms with Gasteiger partial charge in [-0.25, -0.2) is 0 Å². The van der Waals surface area contributed by atoms with Gasteiger partial charge in [-0.05, 0) is 18.1 Å². The van der Waals surface area contributed by atoms with Crippen LogP contribution in [0.5, 0.6) is 0 Å². The van der Waals surface area contributed by atoms with E-state index in [1.165, 1.54) is 0 Å². The molecule has 0 aliphatic rings. The molecule has 0 radical (unpaired) electrons.